The van der Waals surface area contributed by atoms with Crippen molar-refractivity contribution in [2.45, 2.75) is 32.2 Å². The van der Waals surface area contributed by atoms with E-state index in [1.54, 1.807) is 12.1 Å². The zero-order chi connectivity index (χ0) is 13.7. The summed E-state index contributed by atoms with van der Waals surface area (Å²) in [5.74, 6) is 0.480. The molecule has 19 heavy (non-hydrogen) atoms. The van der Waals surface area contributed by atoms with Crippen molar-refractivity contribution in [3.63, 3.8) is 0 Å². The van der Waals surface area contributed by atoms with E-state index in [9.17, 15) is 9.59 Å². The van der Waals surface area contributed by atoms with Gasteiger partial charge in [-0.3, -0.25) is 9.59 Å². The minimum atomic E-state index is -0.423. The van der Waals surface area contributed by atoms with Crippen LogP contribution in [0.4, 0.5) is 5.69 Å². The molecule has 1 aliphatic heterocycles. The van der Waals surface area contributed by atoms with Crippen LogP contribution in [0.3, 0.4) is 0 Å². The highest BCUT2D eigenvalue weighted by molar-refractivity contribution is 5.99. The van der Waals surface area contributed by atoms with Crippen molar-refractivity contribution < 1.29 is 14.3 Å². The van der Waals surface area contributed by atoms with Crippen LogP contribution in [0.1, 0.15) is 26.2 Å². The molecule has 1 fully saturated rings. The van der Waals surface area contributed by atoms with Crippen LogP contribution >= 0.6 is 0 Å². The van der Waals surface area contributed by atoms with E-state index in [0.29, 0.717) is 25.1 Å². The highest BCUT2D eigenvalue weighted by Gasteiger charge is 2.27. The molecule has 0 aliphatic carbocycles. The summed E-state index contributed by atoms with van der Waals surface area (Å²) in [7, 11) is 0. The third kappa shape index (κ3) is 3.71. The van der Waals surface area contributed by atoms with Crippen LogP contribution in [0.25, 0.3) is 0 Å². The molecule has 102 valence electrons. The van der Waals surface area contributed by atoms with Gasteiger partial charge >= 0.3 is 0 Å². The van der Waals surface area contributed by atoms with E-state index in [4.69, 9.17) is 4.74 Å². The van der Waals surface area contributed by atoms with Crippen molar-refractivity contribution in [2.75, 3.05) is 11.9 Å². The molecule has 1 aliphatic rings. The number of hydrogen-bond donors (Lipinski definition) is 2. The third-order valence-electron chi connectivity index (χ3n) is 2.89. The van der Waals surface area contributed by atoms with E-state index >= 15 is 0 Å². The summed E-state index contributed by atoms with van der Waals surface area (Å²) in [6, 6.07) is 6.83. The Morgan fingerprint density at radius 3 is 3.05 bits per heavy atom. The van der Waals surface area contributed by atoms with Gasteiger partial charge in [0.2, 0.25) is 11.8 Å². The van der Waals surface area contributed by atoms with Crippen LogP contribution in [-0.4, -0.2) is 24.5 Å². The lowest BCUT2D eigenvalue weighted by Crippen LogP contribution is -2.37. The Hall–Kier alpha value is -2.04. The van der Waals surface area contributed by atoms with Gasteiger partial charge in [0.05, 0.1) is 6.61 Å². The molecule has 1 aromatic carbocycles. The Bertz CT molecular complexity index is 474. The Kier molecular flexibility index (Phi) is 4.39. The number of nitrogens with one attached hydrogen (secondary N) is 2. The molecular weight excluding hydrogens is 244 g/mol. The predicted molar refractivity (Wildman–Crippen MR) is 72.0 cm³/mol. The smallest absolute Gasteiger partial charge is 0.246 e. The SMILES string of the molecule is CCCOc1cccc(NC(=O)[C@H]2CCC(=O)N2)c1. The topological polar surface area (TPSA) is 67.4 Å². The summed E-state index contributed by atoms with van der Waals surface area (Å²) in [5, 5.41) is 5.43. The molecule has 0 radical (unpaired) electrons. The number of anilines is 1. The van der Waals surface area contributed by atoms with Crippen LogP contribution in [0, 0.1) is 0 Å². The van der Waals surface area contributed by atoms with E-state index in [1.807, 2.05) is 19.1 Å². The minimum absolute atomic E-state index is 0.0693. The summed E-state index contributed by atoms with van der Waals surface area (Å²) < 4.78 is 5.50. The summed E-state index contributed by atoms with van der Waals surface area (Å²) in [4.78, 5) is 23.0. The first-order valence-electron chi connectivity index (χ1n) is 6.52. The second kappa shape index (κ2) is 6.22. The monoisotopic (exact) mass is 262 g/mol. The van der Waals surface area contributed by atoms with Gasteiger partial charge in [-0.2, -0.15) is 0 Å². The van der Waals surface area contributed by atoms with Gasteiger partial charge in [-0.15, -0.1) is 0 Å². The quantitative estimate of drug-likeness (QED) is 0.848. The van der Waals surface area contributed by atoms with Crippen LogP contribution < -0.4 is 15.4 Å². The second-order valence-corrected chi connectivity index (χ2v) is 4.52. The maximum absolute atomic E-state index is 11.9. The van der Waals surface area contributed by atoms with Crippen LogP contribution in [0.5, 0.6) is 5.75 Å². The number of hydrogen-bond acceptors (Lipinski definition) is 3. The number of ether oxygens (including phenoxy) is 1. The molecule has 1 atom stereocenters. The zero-order valence-corrected chi connectivity index (χ0v) is 10.9. The van der Waals surface area contributed by atoms with Gasteiger partial charge in [-0.1, -0.05) is 13.0 Å². The van der Waals surface area contributed by atoms with Crippen molar-refractivity contribution >= 4 is 17.5 Å². The maximum Gasteiger partial charge on any atom is 0.246 e. The summed E-state index contributed by atoms with van der Waals surface area (Å²) in [6.07, 6.45) is 1.90. The fourth-order valence-corrected chi connectivity index (χ4v) is 1.92. The van der Waals surface area contributed by atoms with Gasteiger partial charge in [-0.05, 0) is 25.0 Å². The van der Waals surface area contributed by atoms with E-state index in [1.165, 1.54) is 0 Å². The summed E-state index contributed by atoms with van der Waals surface area (Å²) in [5.41, 5.74) is 0.680. The Balaban J connectivity index is 1.94. The minimum Gasteiger partial charge on any atom is -0.494 e. The Labute approximate surface area is 112 Å². The fraction of sp³-hybridized carbons (Fsp3) is 0.429. The first kappa shape index (κ1) is 13.4. The highest BCUT2D eigenvalue weighted by atomic mass is 16.5. The molecule has 0 spiro atoms. The average Bonchev–Trinajstić information content (AvgIpc) is 2.83. The fourth-order valence-electron chi connectivity index (χ4n) is 1.92. The van der Waals surface area contributed by atoms with Crippen molar-refractivity contribution in [1.82, 2.24) is 5.32 Å². The first-order chi connectivity index (χ1) is 9.19. The number of rotatable bonds is 5. The van der Waals surface area contributed by atoms with Crippen molar-refractivity contribution in [2.24, 2.45) is 0 Å². The van der Waals surface area contributed by atoms with Crippen LogP contribution in [0.2, 0.25) is 0 Å². The largest absolute Gasteiger partial charge is 0.494 e. The van der Waals surface area contributed by atoms with E-state index in [2.05, 4.69) is 10.6 Å². The van der Waals surface area contributed by atoms with Gasteiger partial charge in [0.15, 0.2) is 0 Å². The summed E-state index contributed by atoms with van der Waals surface area (Å²) >= 11 is 0. The lowest BCUT2D eigenvalue weighted by Gasteiger charge is -2.12. The molecule has 2 rings (SSSR count). The average molecular weight is 262 g/mol. The molecule has 0 saturated carbocycles. The lowest BCUT2D eigenvalue weighted by atomic mass is 10.2. The molecule has 1 heterocycles. The molecule has 1 saturated heterocycles. The number of carbonyl (C=O) groups excluding carboxylic acids is 2. The van der Waals surface area contributed by atoms with E-state index in [-0.39, 0.29) is 11.8 Å². The predicted octanol–water partition coefficient (Wildman–Crippen LogP) is 1.69. The van der Waals surface area contributed by atoms with E-state index in [0.717, 1.165) is 12.2 Å². The molecule has 2 amide bonds. The van der Waals surface area contributed by atoms with Gasteiger partial charge in [0, 0.05) is 18.2 Å². The van der Waals surface area contributed by atoms with Gasteiger partial charge in [0.25, 0.3) is 0 Å². The Morgan fingerprint density at radius 1 is 1.53 bits per heavy atom. The maximum atomic E-state index is 11.9. The third-order valence-corrected chi connectivity index (χ3v) is 2.89. The number of carbonyl (C=O) groups is 2. The molecule has 5 nitrogen and oxygen atoms in total. The molecule has 5 heteroatoms. The van der Waals surface area contributed by atoms with Gasteiger partial charge in [0.1, 0.15) is 11.8 Å². The van der Waals surface area contributed by atoms with Crippen molar-refractivity contribution in [3.05, 3.63) is 24.3 Å². The van der Waals surface area contributed by atoms with Crippen LogP contribution in [-0.2, 0) is 9.59 Å². The lowest BCUT2D eigenvalue weighted by molar-refractivity contribution is -0.122. The normalized spacial score (nSPS) is 17.9. The zero-order valence-electron chi connectivity index (χ0n) is 10.9. The van der Waals surface area contributed by atoms with Crippen molar-refractivity contribution in [1.29, 1.82) is 0 Å². The first-order valence-corrected chi connectivity index (χ1v) is 6.52. The molecular formula is C14H18N2O3. The van der Waals surface area contributed by atoms with Crippen molar-refractivity contribution in [3.8, 4) is 5.75 Å². The van der Waals surface area contributed by atoms with Crippen LogP contribution in [0.15, 0.2) is 24.3 Å². The summed E-state index contributed by atoms with van der Waals surface area (Å²) in [6.45, 7) is 2.69. The number of benzene rings is 1. The van der Waals surface area contributed by atoms with Gasteiger partial charge in [-0.25, -0.2) is 0 Å². The number of amides is 2. The van der Waals surface area contributed by atoms with Gasteiger partial charge < -0.3 is 15.4 Å². The standard InChI is InChI=1S/C14H18N2O3/c1-2-8-19-11-5-3-4-10(9-11)15-14(18)12-6-7-13(17)16-12/h3-5,9,12H,2,6-8H2,1H3,(H,15,18)(H,16,17)/t12-/m1/s1. The molecule has 2 N–H and O–H groups in total. The molecule has 0 bridgehead atoms. The molecule has 0 aromatic heterocycles. The Morgan fingerprint density at radius 2 is 2.37 bits per heavy atom. The molecule has 1 aromatic rings. The molecule has 0 unspecified atom stereocenters. The van der Waals surface area contributed by atoms with E-state index < -0.39 is 6.04 Å². The second-order valence-electron chi connectivity index (χ2n) is 4.52. The highest BCUT2D eigenvalue weighted by Crippen LogP contribution is 2.18.